The van der Waals surface area contributed by atoms with E-state index in [0.29, 0.717) is 0 Å². The van der Waals surface area contributed by atoms with Crippen LogP contribution in [0, 0.1) is 0 Å². The lowest BCUT2D eigenvalue weighted by Crippen LogP contribution is -2.40. The van der Waals surface area contributed by atoms with Gasteiger partial charge in [0, 0.05) is 13.0 Å². The van der Waals surface area contributed by atoms with Gasteiger partial charge in [-0.1, -0.05) is 0 Å². The second-order valence-electron chi connectivity index (χ2n) is 2.93. The highest BCUT2D eigenvalue weighted by Gasteiger charge is 2.19. The van der Waals surface area contributed by atoms with Crippen LogP contribution >= 0.6 is 0 Å². The maximum atomic E-state index is 12.3. The van der Waals surface area contributed by atoms with Crippen LogP contribution in [0.15, 0.2) is 11.9 Å². The first kappa shape index (κ1) is 14.4. The van der Waals surface area contributed by atoms with Gasteiger partial charge < -0.3 is 16.2 Å². The molecule has 0 aliphatic heterocycles. The fraction of sp³-hybridized carbons (Fsp3) is 0.500. The molecule has 0 saturated heterocycles. The van der Waals surface area contributed by atoms with Crippen molar-refractivity contribution in [3.05, 3.63) is 11.9 Å². The summed E-state index contributed by atoms with van der Waals surface area (Å²) in [4.78, 5) is 21.0. The number of rotatable bonds is 7. The zero-order chi connectivity index (χ0) is 12.7. The van der Waals surface area contributed by atoms with Gasteiger partial charge >= 0.3 is 12.0 Å². The number of hydrogen-bond acceptors (Lipinski definition) is 3. The number of primary amides is 1. The topological polar surface area (TPSA) is 92.4 Å². The molecule has 5 nitrogen and oxygen atoms in total. The van der Waals surface area contributed by atoms with Crippen molar-refractivity contribution in [3.63, 3.8) is 0 Å². The summed E-state index contributed by atoms with van der Waals surface area (Å²) in [6.45, 7) is -0.326. The van der Waals surface area contributed by atoms with E-state index < -0.39 is 42.7 Å². The van der Waals surface area contributed by atoms with Crippen LogP contribution in [0.25, 0.3) is 0 Å². The lowest BCUT2D eigenvalue weighted by molar-refractivity contribution is -0.141. The summed E-state index contributed by atoms with van der Waals surface area (Å²) in [5.74, 6) is -3.83. The summed E-state index contributed by atoms with van der Waals surface area (Å²) in [5.41, 5.74) is 4.77. The number of carbonyl (C=O) groups is 2. The molecule has 92 valence electrons. The predicted molar refractivity (Wildman–Crippen MR) is 48.2 cm³/mol. The first-order valence-corrected chi connectivity index (χ1v) is 4.28. The SMILES string of the molecule is NC(=O)C[C@H](NCCC(F)=C(F)F)C(=O)O. The molecule has 0 aliphatic carbocycles. The third-order valence-corrected chi connectivity index (χ3v) is 1.64. The maximum absolute atomic E-state index is 12.3. The number of carbonyl (C=O) groups excluding carboxylic acids is 1. The van der Waals surface area contributed by atoms with E-state index in [4.69, 9.17) is 10.8 Å². The minimum atomic E-state index is -2.44. The number of nitrogens with two attached hydrogens (primary N) is 1. The van der Waals surface area contributed by atoms with Crippen LogP contribution in [0.2, 0.25) is 0 Å². The van der Waals surface area contributed by atoms with E-state index in [1.165, 1.54) is 0 Å². The molecule has 0 aliphatic rings. The molecule has 4 N–H and O–H groups in total. The van der Waals surface area contributed by atoms with E-state index >= 15 is 0 Å². The number of halogens is 3. The van der Waals surface area contributed by atoms with Gasteiger partial charge in [0.15, 0.2) is 5.83 Å². The average Bonchev–Trinajstić information content (AvgIpc) is 2.14. The van der Waals surface area contributed by atoms with Crippen molar-refractivity contribution in [2.75, 3.05) is 6.54 Å². The van der Waals surface area contributed by atoms with Crippen molar-refractivity contribution < 1.29 is 27.9 Å². The van der Waals surface area contributed by atoms with E-state index in [-0.39, 0.29) is 6.54 Å². The zero-order valence-corrected chi connectivity index (χ0v) is 8.17. The van der Waals surface area contributed by atoms with E-state index in [9.17, 15) is 22.8 Å². The summed E-state index contributed by atoms with van der Waals surface area (Å²) in [6.07, 6.45) is -3.58. The first-order chi connectivity index (χ1) is 7.34. The molecule has 0 fully saturated rings. The van der Waals surface area contributed by atoms with Gasteiger partial charge in [-0.15, -0.1) is 0 Å². The molecular formula is C8H11F3N2O3. The molecule has 8 heteroatoms. The number of carboxylic acid groups (broad SMARTS) is 1. The van der Waals surface area contributed by atoms with Gasteiger partial charge in [0.1, 0.15) is 6.04 Å². The third kappa shape index (κ3) is 6.02. The summed E-state index contributed by atoms with van der Waals surface area (Å²) in [7, 11) is 0. The number of nitrogens with one attached hydrogen (secondary N) is 1. The summed E-state index contributed by atoms with van der Waals surface area (Å²) in [5, 5.41) is 10.8. The highest BCUT2D eigenvalue weighted by molar-refractivity contribution is 5.83. The van der Waals surface area contributed by atoms with Gasteiger partial charge in [0.25, 0.3) is 0 Å². The maximum Gasteiger partial charge on any atom is 0.321 e. The highest BCUT2D eigenvalue weighted by Crippen LogP contribution is 2.12. The van der Waals surface area contributed by atoms with Crippen molar-refractivity contribution >= 4 is 11.9 Å². The highest BCUT2D eigenvalue weighted by atomic mass is 19.3. The number of aliphatic carboxylic acids is 1. The van der Waals surface area contributed by atoms with Gasteiger partial charge in [-0.2, -0.15) is 8.78 Å². The fourth-order valence-corrected chi connectivity index (χ4v) is 0.899. The number of amides is 1. The molecule has 0 aromatic carbocycles. The lowest BCUT2D eigenvalue weighted by atomic mass is 10.2. The Morgan fingerprint density at radius 1 is 1.31 bits per heavy atom. The Kier molecular flexibility index (Phi) is 6.16. The minimum Gasteiger partial charge on any atom is -0.480 e. The van der Waals surface area contributed by atoms with Crippen LogP contribution in [-0.4, -0.2) is 29.6 Å². The van der Waals surface area contributed by atoms with Crippen LogP contribution in [0.4, 0.5) is 13.2 Å². The lowest BCUT2D eigenvalue weighted by Gasteiger charge is -2.11. The largest absolute Gasteiger partial charge is 0.480 e. The van der Waals surface area contributed by atoms with Crippen molar-refractivity contribution in [2.45, 2.75) is 18.9 Å². The monoisotopic (exact) mass is 240 g/mol. The predicted octanol–water partition coefficient (Wildman–Crippen LogP) is 0.372. The van der Waals surface area contributed by atoms with E-state index in [1.807, 2.05) is 0 Å². The first-order valence-electron chi connectivity index (χ1n) is 4.28. The minimum absolute atomic E-state index is 0.326. The van der Waals surface area contributed by atoms with E-state index in [1.54, 1.807) is 0 Å². The Hall–Kier alpha value is -1.57. The molecule has 1 atom stereocenters. The van der Waals surface area contributed by atoms with Gasteiger partial charge in [-0.3, -0.25) is 9.59 Å². The fourth-order valence-electron chi connectivity index (χ4n) is 0.899. The van der Waals surface area contributed by atoms with E-state index in [0.717, 1.165) is 0 Å². The Labute approximate surface area is 89.1 Å². The quantitative estimate of drug-likeness (QED) is 0.599. The van der Waals surface area contributed by atoms with Crippen LogP contribution in [-0.2, 0) is 9.59 Å². The molecule has 1 amide bonds. The van der Waals surface area contributed by atoms with Crippen molar-refractivity contribution in [1.29, 1.82) is 0 Å². The Bertz CT molecular complexity index is 303. The standard InChI is InChI=1S/C8H11F3N2O3/c9-4(7(10)11)1-2-13-5(8(15)16)3-6(12)14/h5,13H,1-3H2,(H2,12,14)(H,15,16)/t5-/m0/s1. The Morgan fingerprint density at radius 3 is 2.25 bits per heavy atom. The molecule has 0 saturated carbocycles. The Balaban J connectivity index is 4.09. The molecule has 0 unspecified atom stereocenters. The van der Waals surface area contributed by atoms with Gasteiger partial charge in [-0.25, -0.2) is 4.39 Å². The molecule has 0 heterocycles. The molecule has 0 aromatic heterocycles. The van der Waals surface area contributed by atoms with Crippen LogP contribution in [0.3, 0.4) is 0 Å². The second-order valence-corrected chi connectivity index (χ2v) is 2.93. The summed E-state index contributed by atoms with van der Waals surface area (Å²) in [6, 6.07) is -1.30. The smallest absolute Gasteiger partial charge is 0.321 e. The number of hydrogen-bond donors (Lipinski definition) is 3. The zero-order valence-electron chi connectivity index (χ0n) is 8.17. The molecule has 0 bridgehead atoms. The molecule has 0 radical (unpaired) electrons. The van der Waals surface area contributed by atoms with Gasteiger partial charge in [-0.05, 0) is 0 Å². The molecule has 0 aromatic rings. The van der Waals surface area contributed by atoms with E-state index in [2.05, 4.69) is 5.32 Å². The van der Waals surface area contributed by atoms with Crippen molar-refractivity contribution in [3.8, 4) is 0 Å². The normalized spacial score (nSPS) is 11.9. The van der Waals surface area contributed by atoms with Gasteiger partial charge in [0.2, 0.25) is 5.91 Å². The molecular weight excluding hydrogens is 229 g/mol. The third-order valence-electron chi connectivity index (χ3n) is 1.64. The van der Waals surface area contributed by atoms with Crippen LogP contribution in [0.5, 0.6) is 0 Å². The van der Waals surface area contributed by atoms with Crippen LogP contribution in [0.1, 0.15) is 12.8 Å². The Morgan fingerprint density at radius 2 is 1.88 bits per heavy atom. The van der Waals surface area contributed by atoms with Crippen LogP contribution < -0.4 is 11.1 Å². The summed E-state index contributed by atoms with van der Waals surface area (Å²) >= 11 is 0. The number of carboxylic acids is 1. The second kappa shape index (κ2) is 6.83. The van der Waals surface area contributed by atoms with Crippen molar-refractivity contribution in [1.82, 2.24) is 5.32 Å². The summed E-state index contributed by atoms with van der Waals surface area (Å²) < 4.78 is 35.5. The molecule has 16 heavy (non-hydrogen) atoms. The van der Waals surface area contributed by atoms with Crippen molar-refractivity contribution in [2.24, 2.45) is 5.73 Å². The average molecular weight is 240 g/mol. The van der Waals surface area contributed by atoms with Gasteiger partial charge in [0.05, 0.1) is 6.42 Å². The molecule has 0 spiro atoms. The molecule has 0 rings (SSSR count).